The summed E-state index contributed by atoms with van der Waals surface area (Å²) in [4.78, 5) is 62.0. The molecule has 50 heavy (non-hydrogen) atoms. The molecule has 260 valence electrons. The van der Waals surface area contributed by atoms with Crippen LogP contribution < -0.4 is 21.5 Å². The van der Waals surface area contributed by atoms with Crippen molar-refractivity contribution >= 4 is 39.4 Å². The van der Waals surface area contributed by atoms with Gasteiger partial charge < -0.3 is 19.7 Å². The Labute approximate surface area is 278 Å². The number of esters is 1. The molecule has 1 aliphatic heterocycles. The van der Waals surface area contributed by atoms with Gasteiger partial charge in [0.15, 0.2) is 0 Å². The van der Waals surface area contributed by atoms with Gasteiger partial charge in [-0.15, -0.1) is 0 Å². The fourth-order valence-electron chi connectivity index (χ4n) is 5.99. The zero-order valence-electron chi connectivity index (χ0n) is 26.3. The predicted octanol–water partition coefficient (Wildman–Crippen LogP) is 3.19. The van der Waals surface area contributed by atoms with E-state index in [2.05, 4.69) is 15.3 Å². The van der Waals surface area contributed by atoms with Crippen LogP contribution in [-0.2, 0) is 27.7 Å². The number of anilines is 1. The van der Waals surface area contributed by atoms with Crippen LogP contribution in [-0.4, -0.2) is 76.1 Å². The summed E-state index contributed by atoms with van der Waals surface area (Å²) in [5, 5.41) is 2.86. The number of carbonyl (C=O) groups is 2. The van der Waals surface area contributed by atoms with Crippen molar-refractivity contribution in [2.75, 3.05) is 31.8 Å². The fraction of sp³-hybridized carbons (Fsp3) is 0.273. The number of hydrogen-bond donors (Lipinski definition) is 1. The van der Waals surface area contributed by atoms with Crippen LogP contribution in [0.1, 0.15) is 15.9 Å². The first kappa shape index (κ1) is 34.2. The SMILES string of the molecule is COC(=O)[C@H](Cc1ccc(-n2c(=O)c3ccncc3n(C)c2=O)c2ncccc12)NC(=O)c1c(F)cc(N2CCOC[C@@H]2C(F)(F)F)cc1F. The van der Waals surface area contributed by atoms with E-state index in [9.17, 15) is 32.3 Å². The van der Waals surface area contributed by atoms with Crippen molar-refractivity contribution < 1.29 is 41.0 Å². The minimum atomic E-state index is -4.76. The maximum atomic E-state index is 15.3. The number of aromatic nitrogens is 4. The van der Waals surface area contributed by atoms with E-state index in [-0.39, 0.29) is 36.2 Å². The number of alkyl halides is 3. The molecular formula is C33H27F5N6O6. The molecule has 0 unspecified atom stereocenters. The van der Waals surface area contributed by atoms with Gasteiger partial charge in [-0.2, -0.15) is 13.2 Å². The van der Waals surface area contributed by atoms with Gasteiger partial charge in [-0.3, -0.25) is 24.1 Å². The van der Waals surface area contributed by atoms with Crippen molar-refractivity contribution in [2.24, 2.45) is 7.05 Å². The molecule has 0 bridgehead atoms. The number of carbonyl (C=O) groups excluding carboxylic acids is 2. The van der Waals surface area contributed by atoms with Crippen molar-refractivity contribution in [3.63, 3.8) is 0 Å². The first-order valence-electron chi connectivity index (χ1n) is 15.0. The molecule has 5 aromatic rings. The third-order valence-corrected chi connectivity index (χ3v) is 8.46. The average Bonchev–Trinajstić information content (AvgIpc) is 3.10. The second-order valence-corrected chi connectivity index (χ2v) is 11.4. The Balaban J connectivity index is 1.34. The van der Waals surface area contributed by atoms with Crippen LogP contribution in [0.2, 0.25) is 0 Å². The summed E-state index contributed by atoms with van der Waals surface area (Å²) in [6, 6.07) is 5.14. The number of pyridine rings is 2. The van der Waals surface area contributed by atoms with Crippen LogP contribution in [0, 0.1) is 11.6 Å². The molecule has 0 spiro atoms. The highest BCUT2D eigenvalue weighted by Crippen LogP contribution is 2.33. The van der Waals surface area contributed by atoms with E-state index >= 15 is 8.78 Å². The number of hydrogen-bond acceptors (Lipinski definition) is 9. The van der Waals surface area contributed by atoms with Crippen molar-refractivity contribution in [2.45, 2.75) is 24.7 Å². The van der Waals surface area contributed by atoms with E-state index in [4.69, 9.17) is 9.47 Å². The van der Waals surface area contributed by atoms with Gasteiger partial charge in [0, 0.05) is 43.5 Å². The zero-order valence-corrected chi connectivity index (χ0v) is 26.3. The largest absolute Gasteiger partial charge is 0.467 e. The summed E-state index contributed by atoms with van der Waals surface area (Å²) in [5.41, 5.74) is -1.84. The number of fused-ring (bicyclic) bond motifs is 2. The molecule has 12 nitrogen and oxygen atoms in total. The third kappa shape index (κ3) is 6.15. The number of amides is 1. The lowest BCUT2D eigenvalue weighted by molar-refractivity contribution is -0.167. The third-order valence-electron chi connectivity index (χ3n) is 8.46. The molecule has 0 aliphatic carbocycles. The summed E-state index contributed by atoms with van der Waals surface area (Å²) >= 11 is 0. The Morgan fingerprint density at radius 1 is 1.08 bits per heavy atom. The Hall–Kier alpha value is -5.71. The molecule has 0 radical (unpaired) electrons. The van der Waals surface area contributed by atoms with Gasteiger partial charge in [0.25, 0.3) is 11.5 Å². The highest BCUT2D eigenvalue weighted by molar-refractivity contribution is 5.98. The molecule has 2 aromatic carbocycles. The predicted molar refractivity (Wildman–Crippen MR) is 169 cm³/mol. The quantitative estimate of drug-likeness (QED) is 0.201. The number of aryl methyl sites for hydroxylation is 1. The van der Waals surface area contributed by atoms with Crippen LogP contribution in [0.25, 0.3) is 27.5 Å². The van der Waals surface area contributed by atoms with E-state index in [1.807, 2.05) is 0 Å². The van der Waals surface area contributed by atoms with Gasteiger partial charge in [-0.25, -0.2) is 22.9 Å². The highest BCUT2D eigenvalue weighted by atomic mass is 19.4. The summed E-state index contributed by atoms with van der Waals surface area (Å²) in [6.45, 7) is -1.16. The molecular weight excluding hydrogens is 671 g/mol. The van der Waals surface area contributed by atoms with E-state index in [0.717, 1.165) is 16.6 Å². The number of benzene rings is 2. The van der Waals surface area contributed by atoms with Gasteiger partial charge in [-0.05, 0) is 35.9 Å². The number of halogens is 5. The van der Waals surface area contributed by atoms with Crippen molar-refractivity contribution in [3.8, 4) is 5.69 Å². The molecule has 17 heteroatoms. The monoisotopic (exact) mass is 698 g/mol. The molecule has 1 saturated heterocycles. The van der Waals surface area contributed by atoms with E-state index in [1.165, 1.54) is 48.4 Å². The maximum absolute atomic E-state index is 15.3. The minimum absolute atomic E-state index is 0.114. The van der Waals surface area contributed by atoms with Crippen molar-refractivity contribution in [1.29, 1.82) is 0 Å². The van der Waals surface area contributed by atoms with Gasteiger partial charge in [0.05, 0.1) is 48.6 Å². The Kier molecular flexibility index (Phi) is 9.09. The second kappa shape index (κ2) is 13.3. The van der Waals surface area contributed by atoms with Crippen LogP contribution in [0.15, 0.2) is 70.6 Å². The number of nitrogens with one attached hydrogen (secondary N) is 1. The minimum Gasteiger partial charge on any atom is -0.467 e. The standard InChI is InChI=1S/C33H27F5N6O6/c1-42-25-15-39-9-7-20(25)30(46)44(32(42)48)24-6-5-17(19-4-3-8-40-28(19)24)12-23(31(47)49-2)41-29(45)27-21(34)13-18(14-22(27)35)43-10-11-50-16-26(43)33(36,37)38/h3-9,13-15,23,26H,10-12,16H2,1-2H3,(H,41,45)/t23-,26+/m0/s1. The lowest BCUT2D eigenvalue weighted by Gasteiger charge is -2.38. The number of rotatable bonds is 7. The Morgan fingerprint density at radius 2 is 1.82 bits per heavy atom. The number of morpholine rings is 1. The number of nitrogens with zero attached hydrogens (tertiary/aromatic N) is 5. The van der Waals surface area contributed by atoms with Crippen LogP contribution >= 0.6 is 0 Å². The van der Waals surface area contributed by atoms with Crippen LogP contribution in [0.5, 0.6) is 0 Å². The fourth-order valence-corrected chi connectivity index (χ4v) is 5.99. The summed E-state index contributed by atoms with van der Waals surface area (Å²) < 4.78 is 83.2. The van der Waals surface area contributed by atoms with E-state index < -0.39 is 70.9 Å². The maximum Gasteiger partial charge on any atom is 0.411 e. The molecule has 3 aromatic heterocycles. The normalized spacial score (nSPS) is 15.7. The first-order valence-corrected chi connectivity index (χ1v) is 15.0. The molecule has 2 atom stereocenters. The first-order chi connectivity index (χ1) is 23.8. The lowest BCUT2D eigenvalue weighted by Crippen LogP contribution is -2.53. The second-order valence-electron chi connectivity index (χ2n) is 11.4. The van der Waals surface area contributed by atoms with Gasteiger partial charge in [-0.1, -0.05) is 12.1 Å². The smallest absolute Gasteiger partial charge is 0.411 e. The number of ether oxygens (including phenoxy) is 2. The van der Waals surface area contributed by atoms with Crippen molar-refractivity contribution in [3.05, 3.63) is 105 Å². The average molecular weight is 699 g/mol. The van der Waals surface area contributed by atoms with E-state index in [0.29, 0.717) is 28.6 Å². The lowest BCUT2D eigenvalue weighted by atomic mass is 9.99. The Morgan fingerprint density at radius 3 is 2.52 bits per heavy atom. The molecule has 0 saturated carbocycles. The van der Waals surface area contributed by atoms with Gasteiger partial charge in [0.1, 0.15) is 29.3 Å². The van der Waals surface area contributed by atoms with E-state index in [1.54, 1.807) is 12.1 Å². The Bertz CT molecular complexity index is 2250. The summed E-state index contributed by atoms with van der Waals surface area (Å²) in [5.74, 6) is -5.25. The summed E-state index contributed by atoms with van der Waals surface area (Å²) in [7, 11) is 2.52. The van der Waals surface area contributed by atoms with Crippen LogP contribution in [0.4, 0.5) is 27.6 Å². The van der Waals surface area contributed by atoms with Crippen LogP contribution in [0.3, 0.4) is 0 Å². The van der Waals surface area contributed by atoms with Gasteiger partial charge in [0.2, 0.25) is 0 Å². The molecule has 1 fully saturated rings. The summed E-state index contributed by atoms with van der Waals surface area (Å²) in [6.07, 6.45) is -0.813. The zero-order chi connectivity index (χ0) is 35.9. The van der Waals surface area contributed by atoms with Crippen molar-refractivity contribution in [1.82, 2.24) is 24.4 Å². The molecule has 1 aliphatic rings. The molecule has 1 amide bonds. The highest BCUT2D eigenvalue weighted by Gasteiger charge is 2.46. The van der Waals surface area contributed by atoms with Gasteiger partial charge >= 0.3 is 17.8 Å². The molecule has 6 rings (SSSR count). The molecule has 1 N–H and O–H groups in total. The number of methoxy groups -OCH3 is 1. The topological polar surface area (TPSA) is 138 Å². The molecule has 4 heterocycles.